The third-order valence-electron chi connectivity index (χ3n) is 7.22. The molecule has 2 N–H and O–H groups in total. The molecule has 0 aromatic heterocycles. The number of nitrogens with zero attached hydrogens (tertiary/aromatic N) is 1. The third kappa shape index (κ3) is 5.34. The third-order valence-corrected chi connectivity index (χ3v) is 7.47. The van der Waals surface area contributed by atoms with Gasteiger partial charge in [0.05, 0.1) is 11.5 Å². The van der Waals surface area contributed by atoms with Crippen LogP contribution in [0.4, 0.5) is 0 Å². The van der Waals surface area contributed by atoms with Gasteiger partial charge in [-0.05, 0) is 43.9 Å². The van der Waals surface area contributed by atoms with E-state index in [1.54, 1.807) is 12.1 Å². The van der Waals surface area contributed by atoms with E-state index in [0.29, 0.717) is 24.5 Å². The van der Waals surface area contributed by atoms with E-state index in [9.17, 15) is 19.5 Å². The number of halogens is 1. The molecular weight excluding hydrogens is 428 g/mol. The van der Waals surface area contributed by atoms with E-state index in [4.69, 9.17) is 11.6 Å². The summed E-state index contributed by atoms with van der Waals surface area (Å²) in [6, 6.07) is 7.08. The minimum absolute atomic E-state index is 0.0138. The van der Waals surface area contributed by atoms with Crippen molar-refractivity contribution in [2.24, 2.45) is 11.3 Å². The van der Waals surface area contributed by atoms with E-state index in [2.05, 4.69) is 5.32 Å². The van der Waals surface area contributed by atoms with Crippen molar-refractivity contribution in [2.45, 2.75) is 77.4 Å². The molecule has 0 spiro atoms. The number of piperidine rings is 1. The number of likely N-dealkylation sites (tertiary alicyclic amines) is 1. The Labute approximate surface area is 195 Å². The topological polar surface area (TPSA) is 86.7 Å². The van der Waals surface area contributed by atoms with Gasteiger partial charge in [-0.3, -0.25) is 9.59 Å². The van der Waals surface area contributed by atoms with Crippen LogP contribution in [0.2, 0.25) is 5.02 Å². The van der Waals surface area contributed by atoms with Crippen LogP contribution in [0, 0.1) is 11.3 Å². The molecule has 1 aliphatic carbocycles. The number of ketones is 1. The Morgan fingerprint density at radius 3 is 2.41 bits per heavy atom. The SMILES string of the molecule is CC(=O)CCC(=O)N[C@@H]1CCCC[C@@H]1C(=O)N1CC[C@](O)(c2ccc(Cl)cc2)C(C)(C)C1. The quantitative estimate of drug-likeness (QED) is 0.672. The molecule has 32 heavy (non-hydrogen) atoms. The van der Waals surface area contributed by atoms with Crippen molar-refractivity contribution in [1.29, 1.82) is 0 Å². The van der Waals surface area contributed by atoms with E-state index in [-0.39, 0.29) is 42.4 Å². The van der Waals surface area contributed by atoms with Crippen LogP contribution < -0.4 is 5.32 Å². The number of hydrogen-bond donors (Lipinski definition) is 2. The highest BCUT2D eigenvalue weighted by Crippen LogP contribution is 2.46. The van der Waals surface area contributed by atoms with Gasteiger partial charge in [0.2, 0.25) is 11.8 Å². The van der Waals surface area contributed by atoms with Crippen LogP contribution in [0.25, 0.3) is 0 Å². The van der Waals surface area contributed by atoms with Crippen molar-refractivity contribution < 1.29 is 19.5 Å². The number of rotatable bonds is 6. The van der Waals surface area contributed by atoms with Crippen molar-refractivity contribution in [1.82, 2.24) is 10.2 Å². The van der Waals surface area contributed by atoms with Crippen LogP contribution in [0.1, 0.15) is 71.3 Å². The number of carbonyl (C=O) groups excluding carboxylic acids is 3. The second-order valence-electron chi connectivity index (χ2n) is 10.0. The smallest absolute Gasteiger partial charge is 0.227 e. The summed E-state index contributed by atoms with van der Waals surface area (Å²) < 4.78 is 0. The monoisotopic (exact) mass is 462 g/mol. The molecule has 3 atom stereocenters. The summed E-state index contributed by atoms with van der Waals surface area (Å²) in [5.74, 6) is -0.392. The van der Waals surface area contributed by atoms with Crippen molar-refractivity contribution in [3.63, 3.8) is 0 Å². The predicted molar refractivity (Wildman–Crippen MR) is 124 cm³/mol. The first kappa shape index (κ1) is 24.7. The normalized spacial score (nSPS) is 27.6. The maximum absolute atomic E-state index is 13.5. The molecule has 1 saturated carbocycles. The Morgan fingerprint density at radius 1 is 1.12 bits per heavy atom. The molecule has 0 unspecified atom stereocenters. The highest BCUT2D eigenvalue weighted by molar-refractivity contribution is 6.30. The highest BCUT2D eigenvalue weighted by atomic mass is 35.5. The molecule has 1 aromatic carbocycles. The number of nitrogens with one attached hydrogen (secondary N) is 1. The molecule has 6 nitrogen and oxygen atoms in total. The molecule has 7 heteroatoms. The molecule has 1 aromatic rings. The average Bonchev–Trinajstić information content (AvgIpc) is 2.74. The molecule has 2 aliphatic rings. The Hall–Kier alpha value is -1.92. The Kier molecular flexibility index (Phi) is 7.66. The van der Waals surface area contributed by atoms with E-state index in [0.717, 1.165) is 31.2 Å². The molecule has 2 fully saturated rings. The van der Waals surface area contributed by atoms with E-state index < -0.39 is 11.0 Å². The summed E-state index contributed by atoms with van der Waals surface area (Å²) in [4.78, 5) is 38.9. The summed E-state index contributed by atoms with van der Waals surface area (Å²) in [6.45, 7) is 6.35. The van der Waals surface area contributed by atoms with Gasteiger partial charge < -0.3 is 20.1 Å². The molecule has 0 radical (unpaired) electrons. The first-order valence-corrected chi connectivity index (χ1v) is 12.0. The van der Waals surface area contributed by atoms with E-state index in [1.165, 1.54) is 6.92 Å². The zero-order chi connectivity index (χ0) is 23.5. The first-order valence-electron chi connectivity index (χ1n) is 11.6. The van der Waals surface area contributed by atoms with E-state index >= 15 is 0 Å². The number of benzene rings is 1. The number of amides is 2. The summed E-state index contributed by atoms with van der Waals surface area (Å²) in [5.41, 5.74) is -0.794. The van der Waals surface area contributed by atoms with Crippen LogP contribution in [0.3, 0.4) is 0 Å². The maximum Gasteiger partial charge on any atom is 0.227 e. The number of Topliss-reactive ketones (excluding diaryl/α,β-unsaturated/α-hetero) is 1. The van der Waals surface area contributed by atoms with Crippen molar-refractivity contribution in [3.8, 4) is 0 Å². The number of hydrogen-bond acceptors (Lipinski definition) is 4. The fourth-order valence-electron chi connectivity index (χ4n) is 5.17. The highest BCUT2D eigenvalue weighted by Gasteiger charge is 2.50. The molecular formula is C25H35ClN2O4. The summed E-state index contributed by atoms with van der Waals surface area (Å²) in [5, 5.41) is 15.2. The Bertz CT molecular complexity index is 854. The predicted octanol–water partition coefficient (Wildman–Crippen LogP) is 3.83. The Balaban J connectivity index is 1.69. The van der Waals surface area contributed by atoms with E-state index in [1.807, 2.05) is 30.9 Å². The minimum atomic E-state index is -1.05. The van der Waals surface area contributed by atoms with Gasteiger partial charge in [-0.2, -0.15) is 0 Å². The van der Waals surface area contributed by atoms with Crippen LogP contribution in [-0.2, 0) is 20.0 Å². The van der Waals surface area contributed by atoms with Crippen molar-refractivity contribution in [3.05, 3.63) is 34.9 Å². The lowest BCUT2D eigenvalue weighted by atomic mass is 9.66. The van der Waals surface area contributed by atoms with Gasteiger partial charge in [0, 0.05) is 42.4 Å². The largest absolute Gasteiger partial charge is 0.384 e. The molecule has 1 heterocycles. The fraction of sp³-hybridized carbons (Fsp3) is 0.640. The van der Waals surface area contributed by atoms with Crippen LogP contribution in [0.5, 0.6) is 0 Å². The second-order valence-corrected chi connectivity index (χ2v) is 10.5. The van der Waals surface area contributed by atoms with Crippen LogP contribution >= 0.6 is 11.6 Å². The first-order chi connectivity index (χ1) is 15.0. The van der Waals surface area contributed by atoms with Gasteiger partial charge in [0.25, 0.3) is 0 Å². The van der Waals surface area contributed by atoms with Gasteiger partial charge >= 0.3 is 0 Å². The van der Waals surface area contributed by atoms with Crippen LogP contribution in [-0.4, -0.2) is 46.7 Å². The zero-order valence-corrected chi connectivity index (χ0v) is 20.1. The molecule has 2 amide bonds. The lowest BCUT2D eigenvalue weighted by Crippen LogP contribution is -2.59. The lowest BCUT2D eigenvalue weighted by Gasteiger charge is -2.51. The Morgan fingerprint density at radius 2 is 1.78 bits per heavy atom. The standard InChI is InChI=1S/C25H35ClN2O4/c1-17(29)8-13-22(30)27-21-7-5-4-6-20(21)23(31)28-15-14-25(32,24(2,3)16-28)18-9-11-19(26)12-10-18/h9-12,20-21,32H,4-8,13-16H2,1-3H3,(H,27,30)/t20-,21+,25-/m0/s1. The second kappa shape index (κ2) is 9.92. The minimum Gasteiger partial charge on any atom is -0.384 e. The van der Waals surface area contributed by atoms with Gasteiger partial charge in [0.1, 0.15) is 5.78 Å². The maximum atomic E-state index is 13.5. The summed E-state index contributed by atoms with van der Waals surface area (Å²) in [6.07, 6.45) is 4.28. The van der Waals surface area contributed by atoms with Gasteiger partial charge in [-0.1, -0.05) is 50.4 Å². The van der Waals surface area contributed by atoms with Crippen LogP contribution in [0.15, 0.2) is 24.3 Å². The molecule has 0 bridgehead atoms. The van der Waals surface area contributed by atoms with Crippen molar-refractivity contribution >= 4 is 29.2 Å². The lowest BCUT2D eigenvalue weighted by molar-refractivity contribution is -0.158. The molecule has 3 rings (SSSR count). The summed E-state index contributed by atoms with van der Waals surface area (Å²) >= 11 is 6.02. The molecule has 176 valence electrons. The summed E-state index contributed by atoms with van der Waals surface area (Å²) in [7, 11) is 0. The molecule has 1 aliphatic heterocycles. The average molecular weight is 463 g/mol. The zero-order valence-electron chi connectivity index (χ0n) is 19.3. The van der Waals surface area contributed by atoms with Gasteiger partial charge in [0.15, 0.2) is 0 Å². The van der Waals surface area contributed by atoms with Crippen molar-refractivity contribution in [2.75, 3.05) is 13.1 Å². The number of carbonyl (C=O) groups is 3. The number of aliphatic hydroxyl groups is 1. The van der Waals surface area contributed by atoms with Gasteiger partial charge in [-0.15, -0.1) is 0 Å². The molecule has 1 saturated heterocycles. The van der Waals surface area contributed by atoms with Gasteiger partial charge in [-0.25, -0.2) is 0 Å². The fourth-order valence-corrected chi connectivity index (χ4v) is 5.30.